The Morgan fingerprint density at radius 1 is 1.33 bits per heavy atom. The number of benzene rings is 1. The van der Waals surface area contributed by atoms with Crippen molar-refractivity contribution in [3.8, 4) is 11.3 Å². The summed E-state index contributed by atoms with van der Waals surface area (Å²) in [5.74, 6) is -1.90. The molecule has 1 aromatic heterocycles. The van der Waals surface area contributed by atoms with E-state index in [1.807, 2.05) is 0 Å². The zero-order chi connectivity index (χ0) is 15.8. The summed E-state index contributed by atoms with van der Waals surface area (Å²) < 4.78 is 60.7. The predicted molar refractivity (Wildman–Crippen MR) is 63.0 cm³/mol. The quantitative estimate of drug-likeness (QED) is 0.628. The molecule has 21 heavy (non-hydrogen) atoms. The van der Waals surface area contributed by atoms with Gasteiger partial charge in [-0.2, -0.15) is 13.2 Å². The maximum Gasteiger partial charge on any atom is 0.416 e. The minimum Gasteiger partial charge on any atom is -0.465 e. The number of rotatable bonds is 2. The Balaban J connectivity index is 2.56. The first-order valence-electron chi connectivity index (χ1n) is 5.67. The van der Waals surface area contributed by atoms with Gasteiger partial charge in [-0.3, -0.25) is 0 Å². The smallest absolute Gasteiger partial charge is 0.416 e. The number of ether oxygens (including phenoxy) is 1. The van der Waals surface area contributed by atoms with Crippen LogP contribution in [0.5, 0.6) is 0 Å². The third-order valence-electron chi connectivity index (χ3n) is 2.80. The van der Waals surface area contributed by atoms with Gasteiger partial charge in [-0.25, -0.2) is 9.18 Å². The fourth-order valence-electron chi connectivity index (χ4n) is 1.78. The maximum absolute atomic E-state index is 13.9. The van der Waals surface area contributed by atoms with Crippen molar-refractivity contribution in [1.82, 2.24) is 5.16 Å². The lowest BCUT2D eigenvalue weighted by atomic mass is 10.0. The van der Waals surface area contributed by atoms with Crippen LogP contribution in [-0.4, -0.2) is 18.2 Å². The van der Waals surface area contributed by atoms with Crippen molar-refractivity contribution in [1.29, 1.82) is 0 Å². The van der Waals surface area contributed by atoms with Crippen LogP contribution in [0.15, 0.2) is 22.7 Å². The first-order chi connectivity index (χ1) is 9.75. The lowest BCUT2D eigenvalue weighted by Gasteiger charge is -2.08. The normalized spacial score (nSPS) is 11.5. The Bertz CT molecular complexity index is 691. The molecule has 0 saturated heterocycles. The SMILES string of the molecule is COC(=O)c1c(-c2ccc(C(F)(F)F)cc2F)noc1C. The Kier molecular flexibility index (Phi) is 3.71. The van der Waals surface area contributed by atoms with Crippen LogP contribution in [0.1, 0.15) is 21.7 Å². The molecule has 4 nitrogen and oxygen atoms in total. The number of methoxy groups -OCH3 is 1. The van der Waals surface area contributed by atoms with Crippen molar-refractivity contribution >= 4 is 5.97 Å². The van der Waals surface area contributed by atoms with Crippen LogP contribution in [0.3, 0.4) is 0 Å². The van der Waals surface area contributed by atoms with E-state index >= 15 is 0 Å². The van der Waals surface area contributed by atoms with Crippen molar-refractivity contribution < 1.29 is 31.6 Å². The standard InChI is InChI=1S/C13H9F4NO3/c1-6-10(12(19)20-2)11(18-21-6)8-4-3-7(5-9(8)14)13(15,16)17/h3-5H,1-2H3. The van der Waals surface area contributed by atoms with Gasteiger partial charge in [-0.05, 0) is 25.1 Å². The topological polar surface area (TPSA) is 52.3 Å². The summed E-state index contributed by atoms with van der Waals surface area (Å²) in [6.07, 6.45) is -4.66. The second-order valence-electron chi connectivity index (χ2n) is 4.15. The van der Waals surface area contributed by atoms with Gasteiger partial charge in [-0.15, -0.1) is 0 Å². The number of carbonyl (C=O) groups is 1. The van der Waals surface area contributed by atoms with Gasteiger partial charge in [-0.1, -0.05) is 5.16 Å². The van der Waals surface area contributed by atoms with Gasteiger partial charge in [0.05, 0.1) is 12.7 Å². The zero-order valence-corrected chi connectivity index (χ0v) is 10.9. The minimum atomic E-state index is -4.66. The van der Waals surface area contributed by atoms with Gasteiger partial charge in [0.25, 0.3) is 0 Å². The number of esters is 1. The van der Waals surface area contributed by atoms with E-state index in [2.05, 4.69) is 9.89 Å². The highest BCUT2D eigenvalue weighted by atomic mass is 19.4. The van der Waals surface area contributed by atoms with Crippen molar-refractivity contribution in [3.63, 3.8) is 0 Å². The maximum atomic E-state index is 13.9. The van der Waals surface area contributed by atoms with Crippen molar-refractivity contribution in [2.75, 3.05) is 7.11 Å². The third kappa shape index (κ3) is 2.74. The summed E-state index contributed by atoms with van der Waals surface area (Å²) in [4.78, 5) is 11.6. The van der Waals surface area contributed by atoms with Gasteiger partial charge in [0, 0.05) is 5.56 Å². The van der Waals surface area contributed by atoms with Crippen LogP contribution in [0.4, 0.5) is 17.6 Å². The van der Waals surface area contributed by atoms with Crippen LogP contribution in [-0.2, 0) is 10.9 Å². The Hall–Kier alpha value is -2.38. The van der Waals surface area contributed by atoms with Crippen LogP contribution in [0.25, 0.3) is 11.3 Å². The van der Waals surface area contributed by atoms with E-state index in [9.17, 15) is 22.4 Å². The molecular formula is C13H9F4NO3. The number of aryl methyl sites for hydroxylation is 1. The average molecular weight is 303 g/mol. The number of hydrogen-bond donors (Lipinski definition) is 0. The van der Waals surface area contributed by atoms with Crippen molar-refractivity contribution in [3.05, 3.63) is 40.9 Å². The minimum absolute atomic E-state index is 0.0798. The molecule has 0 aliphatic heterocycles. The van der Waals surface area contributed by atoms with Gasteiger partial charge in [0.15, 0.2) is 0 Å². The fourth-order valence-corrected chi connectivity index (χ4v) is 1.78. The summed E-state index contributed by atoms with van der Waals surface area (Å²) in [6.45, 7) is 1.41. The molecule has 112 valence electrons. The summed E-state index contributed by atoms with van der Waals surface area (Å²) in [7, 11) is 1.11. The van der Waals surface area contributed by atoms with Gasteiger partial charge >= 0.3 is 12.1 Å². The van der Waals surface area contributed by atoms with E-state index in [4.69, 9.17) is 4.52 Å². The molecule has 0 aliphatic carbocycles. The molecule has 0 spiro atoms. The molecule has 0 atom stereocenters. The number of hydrogen-bond acceptors (Lipinski definition) is 4. The number of carbonyl (C=O) groups excluding carboxylic acids is 1. The number of nitrogens with zero attached hydrogens (tertiary/aromatic N) is 1. The Labute approximate surface area is 116 Å². The number of halogens is 4. The molecule has 1 heterocycles. The first-order valence-corrected chi connectivity index (χ1v) is 5.67. The van der Waals surface area contributed by atoms with E-state index in [0.717, 1.165) is 13.2 Å². The highest BCUT2D eigenvalue weighted by molar-refractivity contribution is 5.97. The van der Waals surface area contributed by atoms with E-state index in [-0.39, 0.29) is 22.6 Å². The summed E-state index contributed by atoms with van der Waals surface area (Å²) in [5, 5.41) is 3.51. The number of alkyl halides is 3. The highest BCUT2D eigenvalue weighted by Gasteiger charge is 2.32. The molecule has 0 bridgehead atoms. The van der Waals surface area contributed by atoms with Gasteiger partial charge in [0.1, 0.15) is 22.8 Å². The lowest BCUT2D eigenvalue weighted by molar-refractivity contribution is -0.137. The van der Waals surface area contributed by atoms with Crippen molar-refractivity contribution in [2.45, 2.75) is 13.1 Å². The molecule has 1 aromatic carbocycles. The van der Waals surface area contributed by atoms with Crippen LogP contribution in [0, 0.1) is 12.7 Å². The van der Waals surface area contributed by atoms with E-state index in [1.54, 1.807) is 0 Å². The first kappa shape index (κ1) is 15.0. The summed E-state index contributed by atoms with van der Waals surface area (Å²) in [6, 6.07) is 1.92. The molecule has 0 aliphatic rings. The van der Waals surface area contributed by atoms with Gasteiger partial charge in [0.2, 0.25) is 0 Å². The molecule has 0 saturated carbocycles. The molecule has 0 fully saturated rings. The summed E-state index contributed by atoms with van der Waals surface area (Å²) >= 11 is 0. The molecule has 2 aromatic rings. The molecule has 0 radical (unpaired) electrons. The Morgan fingerprint density at radius 3 is 2.52 bits per heavy atom. The largest absolute Gasteiger partial charge is 0.465 e. The molecule has 0 amide bonds. The number of aromatic nitrogens is 1. The highest BCUT2D eigenvalue weighted by Crippen LogP contribution is 2.34. The van der Waals surface area contributed by atoms with E-state index in [0.29, 0.717) is 12.1 Å². The van der Waals surface area contributed by atoms with Crippen LogP contribution >= 0.6 is 0 Å². The molecular weight excluding hydrogens is 294 g/mol. The Morgan fingerprint density at radius 2 is 2.00 bits per heavy atom. The van der Waals surface area contributed by atoms with Crippen LogP contribution in [0.2, 0.25) is 0 Å². The lowest BCUT2D eigenvalue weighted by Crippen LogP contribution is -2.07. The van der Waals surface area contributed by atoms with Gasteiger partial charge < -0.3 is 9.26 Å². The molecule has 0 unspecified atom stereocenters. The second-order valence-corrected chi connectivity index (χ2v) is 4.15. The van der Waals surface area contributed by atoms with Crippen molar-refractivity contribution in [2.24, 2.45) is 0 Å². The fraction of sp³-hybridized carbons (Fsp3) is 0.231. The molecule has 8 heteroatoms. The zero-order valence-electron chi connectivity index (χ0n) is 10.9. The monoisotopic (exact) mass is 303 g/mol. The second kappa shape index (κ2) is 5.19. The molecule has 0 N–H and O–H groups in total. The summed E-state index contributed by atoms with van der Waals surface area (Å²) in [5.41, 5.74) is -1.74. The third-order valence-corrected chi connectivity index (χ3v) is 2.80. The molecule has 2 rings (SSSR count). The predicted octanol–water partition coefficient (Wildman–Crippen LogP) is 3.59. The average Bonchev–Trinajstić information content (AvgIpc) is 2.78. The van der Waals surface area contributed by atoms with E-state index < -0.39 is 23.5 Å². The van der Waals surface area contributed by atoms with Crippen LogP contribution < -0.4 is 0 Å². The van der Waals surface area contributed by atoms with E-state index in [1.165, 1.54) is 6.92 Å².